The zero-order chi connectivity index (χ0) is 18.2. The molecule has 1 atom stereocenters. The van der Waals surface area contributed by atoms with E-state index in [1.54, 1.807) is 48.9 Å². The molecular weight excluding hydrogens is 358 g/mol. The van der Waals surface area contributed by atoms with Crippen LogP contribution in [0.25, 0.3) is 0 Å². The van der Waals surface area contributed by atoms with Gasteiger partial charge in [-0.25, -0.2) is 13.4 Å². The van der Waals surface area contributed by atoms with Crippen LogP contribution in [0.4, 0.5) is 5.82 Å². The topological polar surface area (TPSA) is 72.3 Å². The molecule has 25 heavy (non-hydrogen) atoms. The first-order valence-corrected chi connectivity index (χ1v) is 10.7. The second kappa shape index (κ2) is 6.84. The molecule has 0 N–H and O–H groups in total. The minimum atomic E-state index is -3.86. The number of aromatic nitrogens is 2. The van der Waals surface area contributed by atoms with Crippen LogP contribution >= 0.6 is 11.8 Å². The quantitative estimate of drug-likeness (QED) is 0.747. The number of rotatable bonds is 5. The van der Waals surface area contributed by atoms with E-state index >= 15 is 0 Å². The number of fused-ring (bicyclic) bond motifs is 1. The molecule has 0 amide bonds. The fourth-order valence-electron chi connectivity index (χ4n) is 3.02. The van der Waals surface area contributed by atoms with Crippen LogP contribution < -0.4 is 4.31 Å². The number of benzene rings is 1. The number of carbonyl (C=O) groups is 1. The van der Waals surface area contributed by atoms with Crippen molar-refractivity contribution in [2.24, 2.45) is 7.05 Å². The lowest BCUT2D eigenvalue weighted by atomic mass is 10.1. The fraction of sp³-hybridized carbons (Fsp3) is 0.412. The highest BCUT2D eigenvalue weighted by molar-refractivity contribution is 7.99. The number of hydrogen-bond acceptors (Lipinski definition) is 5. The third kappa shape index (κ3) is 2.87. The number of Topliss-reactive ketones (excluding diaryl/α,β-unsaturated/α-hetero) is 1. The van der Waals surface area contributed by atoms with Gasteiger partial charge >= 0.3 is 0 Å². The largest absolute Gasteiger partial charge is 0.318 e. The van der Waals surface area contributed by atoms with Gasteiger partial charge in [-0.3, -0.25) is 9.10 Å². The molecule has 1 aliphatic heterocycles. The molecule has 2 heterocycles. The summed E-state index contributed by atoms with van der Waals surface area (Å²) in [4.78, 5) is 17.6. The Morgan fingerprint density at radius 3 is 2.48 bits per heavy atom. The lowest BCUT2D eigenvalue weighted by Gasteiger charge is -2.31. The summed E-state index contributed by atoms with van der Waals surface area (Å²) in [5, 5.41) is -0.553. The molecular formula is C17H21N3O3S2. The van der Waals surface area contributed by atoms with Crippen LogP contribution in [-0.4, -0.2) is 36.0 Å². The molecule has 3 rings (SSSR count). The zero-order valence-corrected chi connectivity index (χ0v) is 16.1. The van der Waals surface area contributed by atoms with Crippen LogP contribution in [0.2, 0.25) is 0 Å². The summed E-state index contributed by atoms with van der Waals surface area (Å²) in [6, 6.07) is 8.66. The van der Waals surface area contributed by atoms with Gasteiger partial charge in [0, 0.05) is 19.3 Å². The molecule has 0 spiro atoms. The molecule has 8 heteroatoms. The summed E-state index contributed by atoms with van der Waals surface area (Å²) in [6.07, 6.45) is 0.971. The van der Waals surface area contributed by atoms with E-state index in [1.807, 2.05) is 0 Å². The molecule has 134 valence electrons. The molecule has 0 saturated heterocycles. The van der Waals surface area contributed by atoms with E-state index in [0.29, 0.717) is 16.4 Å². The van der Waals surface area contributed by atoms with E-state index in [-0.39, 0.29) is 12.4 Å². The molecule has 0 radical (unpaired) electrons. The van der Waals surface area contributed by atoms with Crippen LogP contribution in [0, 0.1) is 0 Å². The number of nitrogens with zero attached hydrogens (tertiary/aromatic N) is 3. The van der Waals surface area contributed by atoms with E-state index in [1.165, 1.54) is 16.1 Å². The summed E-state index contributed by atoms with van der Waals surface area (Å²) in [5.74, 6) is 0.698. The van der Waals surface area contributed by atoms with Gasteiger partial charge in [-0.1, -0.05) is 49.0 Å². The standard InChI is InChI=1S/C17H21N3O3S2/c1-4-11-24-17-18-16-13(19(17)3)14(21)15(12-9-7-6-8-10-12)25(22,23)20(16)5-2/h6-10,15H,4-5,11H2,1-3H3. The van der Waals surface area contributed by atoms with E-state index < -0.39 is 21.1 Å². The van der Waals surface area contributed by atoms with E-state index in [9.17, 15) is 13.2 Å². The number of imidazole rings is 1. The van der Waals surface area contributed by atoms with Gasteiger partial charge in [0.1, 0.15) is 5.69 Å². The number of ketones is 1. The Labute approximate surface area is 152 Å². The maximum atomic E-state index is 13.1. The van der Waals surface area contributed by atoms with Gasteiger partial charge in [-0.2, -0.15) is 0 Å². The fourth-order valence-corrected chi connectivity index (χ4v) is 5.71. The maximum Gasteiger partial charge on any atom is 0.251 e. The van der Waals surface area contributed by atoms with Gasteiger partial charge in [-0.05, 0) is 18.9 Å². The molecule has 0 saturated carbocycles. The van der Waals surface area contributed by atoms with Gasteiger partial charge in [0.05, 0.1) is 0 Å². The van der Waals surface area contributed by atoms with Crippen molar-refractivity contribution < 1.29 is 13.2 Å². The minimum absolute atomic E-state index is 0.237. The first kappa shape index (κ1) is 18.0. The van der Waals surface area contributed by atoms with Gasteiger partial charge in [0.15, 0.2) is 16.2 Å². The summed E-state index contributed by atoms with van der Waals surface area (Å²) >= 11 is 1.53. The summed E-state index contributed by atoms with van der Waals surface area (Å²) in [6.45, 7) is 4.06. The third-order valence-electron chi connectivity index (χ3n) is 4.17. The highest BCUT2D eigenvalue weighted by Gasteiger charge is 2.48. The van der Waals surface area contributed by atoms with Crippen molar-refractivity contribution >= 4 is 33.4 Å². The smallest absolute Gasteiger partial charge is 0.251 e. The van der Waals surface area contributed by atoms with E-state index in [4.69, 9.17) is 0 Å². The van der Waals surface area contributed by atoms with Gasteiger partial charge in [0.2, 0.25) is 5.78 Å². The highest BCUT2D eigenvalue weighted by Crippen LogP contribution is 2.41. The molecule has 1 unspecified atom stereocenters. The van der Waals surface area contributed by atoms with Crippen molar-refractivity contribution in [3.05, 3.63) is 41.6 Å². The van der Waals surface area contributed by atoms with Crippen LogP contribution in [0.3, 0.4) is 0 Å². The molecule has 0 bridgehead atoms. The second-order valence-corrected chi connectivity index (χ2v) is 8.84. The lowest BCUT2D eigenvalue weighted by Crippen LogP contribution is -2.43. The number of thioether (sulfide) groups is 1. The third-order valence-corrected chi connectivity index (χ3v) is 7.54. The van der Waals surface area contributed by atoms with Crippen LogP contribution in [0.1, 0.15) is 41.6 Å². The zero-order valence-electron chi connectivity index (χ0n) is 14.5. The van der Waals surface area contributed by atoms with Crippen molar-refractivity contribution in [2.45, 2.75) is 30.7 Å². The SMILES string of the molecule is CCCSc1nc2c(n1C)C(=O)C(c1ccccc1)S(=O)(=O)N2CC. The van der Waals surface area contributed by atoms with Crippen LogP contribution in [-0.2, 0) is 17.1 Å². The highest BCUT2D eigenvalue weighted by atomic mass is 32.2. The molecule has 6 nitrogen and oxygen atoms in total. The van der Waals surface area contributed by atoms with Crippen molar-refractivity contribution in [1.82, 2.24) is 9.55 Å². The molecule has 0 fully saturated rings. The second-order valence-electron chi connectivity index (χ2n) is 5.84. The minimum Gasteiger partial charge on any atom is -0.318 e. The van der Waals surface area contributed by atoms with Gasteiger partial charge < -0.3 is 4.57 Å². The van der Waals surface area contributed by atoms with Gasteiger partial charge in [0.25, 0.3) is 10.0 Å². The Kier molecular flexibility index (Phi) is 4.92. The maximum absolute atomic E-state index is 13.1. The normalized spacial score (nSPS) is 19.1. The Balaban J connectivity index is 2.19. The molecule has 1 aromatic heterocycles. The number of hydrogen-bond donors (Lipinski definition) is 0. The van der Waals surface area contributed by atoms with Crippen molar-refractivity contribution in [2.75, 3.05) is 16.6 Å². The predicted octanol–water partition coefficient (Wildman–Crippen LogP) is 3.02. The summed E-state index contributed by atoms with van der Waals surface area (Å²) in [5.41, 5.74) is 0.852. The Morgan fingerprint density at radius 2 is 1.88 bits per heavy atom. The number of carbonyl (C=O) groups excluding carboxylic acids is 1. The Bertz CT molecular complexity index is 891. The monoisotopic (exact) mass is 379 g/mol. The van der Waals surface area contributed by atoms with E-state index in [0.717, 1.165) is 12.2 Å². The van der Waals surface area contributed by atoms with Gasteiger partial charge in [-0.15, -0.1) is 0 Å². The van der Waals surface area contributed by atoms with Crippen molar-refractivity contribution in [3.63, 3.8) is 0 Å². The van der Waals surface area contributed by atoms with Crippen molar-refractivity contribution in [3.8, 4) is 0 Å². The van der Waals surface area contributed by atoms with Crippen LogP contribution in [0.15, 0.2) is 35.5 Å². The molecule has 1 aromatic carbocycles. The molecule has 1 aliphatic rings. The number of sulfonamides is 1. The lowest BCUT2D eigenvalue weighted by molar-refractivity contribution is 0.0976. The first-order valence-electron chi connectivity index (χ1n) is 8.23. The number of anilines is 1. The summed E-state index contributed by atoms with van der Waals surface area (Å²) in [7, 11) is -2.08. The van der Waals surface area contributed by atoms with Crippen molar-refractivity contribution in [1.29, 1.82) is 0 Å². The predicted molar refractivity (Wildman–Crippen MR) is 99.7 cm³/mol. The first-order chi connectivity index (χ1) is 11.9. The van der Waals surface area contributed by atoms with E-state index in [2.05, 4.69) is 11.9 Å². The average molecular weight is 380 g/mol. The Hall–Kier alpha value is -1.80. The molecule has 0 aliphatic carbocycles. The molecule has 2 aromatic rings. The average Bonchev–Trinajstić information content (AvgIpc) is 2.90. The van der Waals surface area contributed by atoms with Crippen LogP contribution in [0.5, 0.6) is 0 Å². The summed E-state index contributed by atoms with van der Waals surface area (Å²) < 4.78 is 29.2. The Morgan fingerprint density at radius 1 is 1.20 bits per heavy atom.